The van der Waals surface area contributed by atoms with Crippen molar-refractivity contribution < 1.29 is 4.79 Å². The van der Waals surface area contributed by atoms with E-state index in [-0.39, 0.29) is 5.91 Å². The molecule has 0 saturated heterocycles. The lowest BCUT2D eigenvalue weighted by Gasteiger charge is -2.20. The number of aromatic nitrogens is 3. The lowest BCUT2D eigenvalue weighted by Crippen LogP contribution is -2.28. The molecule has 0 radical (unpaired) electrons. The van der Waals surface area contributed by atoms with E-state index in [1.54, 1.807) is 6.20 Å². The quantitative estimate of drug-likeness (QED) is 0.719. The van der Waals surface area contributed by atoms with Crippen LogP contribution in [0.25, 0.3) is 10.9 Å². The maximum atomic E-state index is 13.0. The summed E-state index contributed by atoms with van der Waals surface area (Å²) in [5.41, 5.74) is 5.18. The van der Waals surface area contributed by atoms with Gasteiger partial charge < -0.3 is 5.32 Å². The Balaban J connectivity index is 1.59. The van der Waals surface area contributed by atoms with E-state index < -0.39 is 0 Å². The summed E-state index contributed by atoms with van der Waals surface area (Å²) in [5, 5.41) is 8.29. The van der Waals surface area contributed by atoms with E-state index in [4.69, 9.17) is 4.98 Å². The average Bonchev–Trinajstić information content (AvgIpc) is 3.16. The third kappa shape index (κ3) is 3.34. The van der Waals surface area contributed by atoms with Crippen molar-refractivity contribution in [1.82, 2.24) is 20.1 Å². The number of amides is 1. The van der Waals surface area contributed by atoms with Crippen LogP contribution < -0.4 is 5.32 Å². The number of pyridine rings is 1. The summed E-state index contributed by atoms with van der Waals surface area (Å²) in [6.07, 6.45) is 8.78. The molecule has 0 unspecified atom stereocenters. The molecule has 5 heteroatoms. The van der Waals surface area contributed by atoms with Crippen LogP contribution in [0, 0.1) is 6.92 Å². The van der Waals surface area contributed by atoms with Crippen LogP contribution in [0.3, 0.4) is 0 Å². The SMILES string of the molecule is Cc1ccc2nc3c(c(C(=O)NCCCn4cccn4)c2c1)CCCC3. The normalized spacial score (nSPS) is 13.6. The first-order chi connectivity index (χ1) is 12.7. The molecule has 26 heavy (non-hydrogen) atoms. The minimum atomic E-state index is 0.0293. The largest absolute Gasteiger partial charge is 0.352 e. The fourth-order valence-electron chi connectivity index (χ4n) is 3.76. The van der Waals surface area contributed by atoms with Gasteiger partial charge in [0.05, 0.1) is 11.1 Å². The second kappa shape index (κ2) is 7.28. The number of aryl methyl sites for hydroxylation is 3. The van der Waals surface area contributed by atoms with Crippen molar-refractivity contribution >= 4 is 16.8 Å². The van der Waals surface area contributed by atoms with Crippen molar-refractivity contribution in [3.63, 3.8) is 0 Å². The summed E-state index contributed by atoms with van der Waals surface area (Å²) in [5.74, 6) is 0.0293. The molecule has 5 nitrogen and oxygen atoms in total. The van der Waals surface area contributed by atoms with E-state index in [9.17, 15) is 4.79 Å². The molecular formula is C21H24N4O. The molecule has 3 aromatic rings. The van der Waals surface area contributed by atoms with Gasteiger partial charge in [-0.15, -0.1) is 0 Å². The number of carbonyl (C=O) groups excluding carboxylic acids is 1. The summed E-state index contributed by atoms with van der Waals surface area (Å²) in [4.78, 5) is 17.9. The highest BCUT2D eigenvalue weighted by molar-refractivity contribution is 6.07. The molecule has 4 rings (SSSR count). The molecule has 0 bridgehead atoms. The molecule has 2 heterocycles. The molecule has 2 aromatic heterocycles. The van der Waals surface area contributed by atoms with Crippen molar-refractivity contribution in [3.05, 3.63) is 59.0 Å². The molecule has 1 N–H and O–H groups in total. The van der Waals surface area contributed by atoms with E-state index in [1.807, 2.05) is 23.0 Å². The van der Waals surface area contributed by atoms with Crippen molar-refractivity contribution in [2.24, 2.45) is 0 Å². The minimum Gasteiger partial charge on any atom is -0.352 e. The van der Waals surface area contributed by atoms with Crippen LogP contribution in [-0.4, -0.2) is 27.2 Å². The molecule has 1 aliphatic rings. The summed E-state index contributed by atoms with van der Waals surface area (Å²) < 4.78 is 1.89. The number of fused-ring (bicyclic) bond motifs is 2. The molecule has 0 atom stereocenters. The van der Waals surface area contributed by atoms with Crippen LogP contribution in [0.1, 0.15) is 46.4 Å². The predicted molar refractivity (Wildman–Crippen MR) is 102 cm³/mol. The number of carbonyl (C=O) groups is 1. The lowest BCUT2D eigenvalue weighted by molar-refractivity contribution is 0.0953. The van der Waals surface area contributed by atoms with Gasteiger partial charge in [0.1, 0.15) is 0 Å². The molecule has 0 saturated carbocycles. The molecule has 1 aliphatic carbocycles. The van der Waals surface area contributed by atoms with Crippen LogP contribution in [0.2, 0.25) is 0 Å². The van der Waals surface area contributed by atoms with E-state index in [1.165, 1.54) is 0 Å². The van der Waals surface area contributed by atoms with Crippen molar-refractivity contribution in [1.29, 1.82) is 0 Å². The number of hydrogen-bond acceptors (Lipinski definition) is 3. The number of benzene rings is 1. The van der Waals surface area contributed by atoms with Crippen LogP contribution in [0.5, 0.6) is 0 Å². The molecule has 0 aliphatic heterocycles. The Labute approximate surface area is 153 Å². The molecule has 134 valence electrons. The summed E-state index contributed by atoms with van der Waals surface area (Å²) in [6.45, 7) is 3.51. The maximum Gasteiger partial charge on any atom is 0.252 e. The monoisotopic (exact) mass is 348 g/mol. The fraction of sp³-hybridized carbons (Fsp3) is 0.381. The highest BCUT2D eigenvalue weighted by atomic mass is 16.1. The lowest BCUT2D eigenvalue weighted by atomic mass is 9.89. The van der Waals surface area contributed by atoms with Gasteiger partial charge in [-0.25, -0.2) is 0 Å². The topological polar surface area (TPSA) is 59.8 Å². The van der Waals surface area contributed by atoms with Gasteiger partial charge in [0.2, 0.25) is 0 Å². The first-order valence-electron chi connectivity index (χ1n) is 9.40. The summed E-state index contributed by atoms with van der Waals surface area (Å²) in [6, 6.07) is 8.11. The van der Waals surface area contributed by atoms with E-state index in [0.29, 0.717) is 6.54 Å². The van der Waals surface area contributed by atoms with Crippen LogP contribution in [-0.2, 0) is 19.4 Å². The third-order valence-electron chi connectivity index (χ3n) is 5.05. The third-order valence-corrected chi connectivity index (χ3v) is 5.05. The Morgan fingerprint density at radius 2 is 2.15 bits per heavy atom. The molecular weight excluding hydrogens is 324 g/mol. The average molecular weight is 348 g/mol. The highest BCUT2D eigenvalue weighted by Gasteiger charge is 2.22. The van der Waals surface area contributed by atoms with Gasteiger partial charge in [0.25, 0.3) is 5.91 Å². The summed E-state index contributed by atoms with van der Waals surface area (Å²) in [7, 11) is 0. The van der Waals surface area contributed by atoms with Crippen LogP contribution in [0.4, 0.5) is 0 Å². The van der Waals surface area contributed by atoms with Gasteiger partial charge in [-0.05, 0) is 62.8 Å². The first-order valence-corrected chi connectivity index (χ1v) is 9.40. The van der Waals surface area contributed by atoms with E-state index in [0.717, 1.165) is 71.9 Å². The molecule has 0 fully saturated rings. The van der Waals surface area contributed by atoms with Crippen molar-refractivity contribution in [2.75, 3.05) is 6.54 Å². The first kappa shape index (κ1) is 16.8. The molecule has 1 aromatic carbocycles. The fourth-order valence-corrected chi connectivity index (χ4v) is 3.76. The number of hydrogen-bond donors (Lipinski definition) is 1. The van der Waals surface area contributed by atoms with Crippen LogP contribution >= 0.6 is 0 Å². The Kier molecular flexibility index (Phi) is 4.69. The number of nitrogens with one attached hydrogen (secondary N) is 1. The Bertz CT molecular complexity index is 931. The Morgan fingerprint density at radius 1 is 1.27 bits per heavy atom. The zero-order valence-electron chi connectivity index (χ0n) is 15.2. The molecule has 0 spiro atoms. The van der Waals surface area contributed by atoms with Gasteiger partial charge in [-0.3, -0.25) is 14.5 Å². The van der Waals surface area contributed by atoms with E-state index >= 15 is 0 Å². The second-order valence-corrected chi connectivity index (χ2v) is 7.02. The van der Waals surface area contributed by atoms with Gasteiger partial charge in [0.15, 0.2) is 0 Å². The van der Waals surface area contributed by atoms with Crippen molar-refractivity contribution in [2.45, 2.75) is 45.6 Å². The van der Waals surface area contributed by atoms with Gasteiger partial charge in [0, 0.05) is 36.6 Å². The smallest absolute Gasteiger partial charge is 0.252 e. The highest BCUT2D eigenvalue weighted by Crippen LogP contribution is 2.29. The second-order valence-electron chi connectivity index (χ2n) is 7.02. The van der Waals surface area contributed by atoms with Gasteiger partial charge >= 0.3 is 0 Å². The van der Waals surface area contributed by atoms with Gasteiger partial charge in [-0.1, -0.05) is 11.6 Å². The number of rotatable bonds is 5. The van der Waals surface area contributed by atoms with E-state index in [2.05, 4.69) is 29.5 Å². The van der Waals surface area contributed by atoms with Crippen molar-refractivity contribution in [3.8, 4) is 0 Å². The molecule has 1 amide bonds. The summed E-state index contributed by atoms with van der Waals surface area (Å²) >= 11 is 0. The van der Waals surface area contributed by atoms with Crippen LogP contribution in [0.15, 0.2) is 36.7 Å². The zero-order valence-corrected chi connectivity index (χ0v) is 15.2. The maximum absolute atomic E-state index is 13.0. The van der Waals surface area contributed by atoms with Gasteiger partial charge in [-0.2, -0.15) is 5.10 Å². The Hall–Kier alpha value is -2.69. The standard InChI is InChI=1S/C21H24N4O/c1-15-8-9-19-17(14-15)20(16-6-2-3-7-18(16)24-19)21(26)22-10-4-12-25-13-5-11-23-25/h5,8-9,11,13-14H,2-4,6-7,10,12H2,1H3,(H,22,26). The number of nitrogens with zero attached hydrogens (tertiary/aromatic N) is 3. The predicted octanol–water partition coefficient (Wildman–Crippen LogP) is 3.44. The minimum absolute atomic E-state index is 0.0293. The zero-order chi connectivity index (χ0) is 17.9. The Morgan fingerprint density at radius 3 is 3.00 bits per heavy atom.